The molecule has 3 nitrogen and oxygen atoms in total. The molecule has 0 amide bonds. The van der Waals surface area contributed by atoms with Crippen LogP contribution in [0, 0.1) is 0 Å². The number of aliphatic hydroxyl groups is 1. The molecule has 0 bridgehead atoms. The molecule has 0 aromatic carbocycles. The molecule has 1 aliphatic rings. The number of nitrogens with zero attached hydrogens (tertiary/aromatic N) is 2. The Bertz CT molecular complexity index is 417. The molecule has 0 fully saturated rings. The number of amidine groups is 1. The van der Waals surface area contributed by atoms with Crippen molar-refractivity contribution in [2.24, 2.45) is 4.99 Å². The van der Waals surface area contributed by atoms with Crippen LogP contribution in [0.25, 0.3) is 0 Å². The van der Waals surface area contributed by atoms with E-state index in [0.29, 0.717) is 4.48 Å². The summed E-state index contributed by atoms with van der Waals surface area (Å²) in [5.74, 6) is 1.25. The molecule has 2 atom stereocenters. The molecule has 2 unspecified atom stereocenters. The summed E-state index contributed by atoms with van der Waals surface area (Å²) in [7, 11) is 0. The lowest BCUT2D eigenvalue weighted by Crippen LogP contribution is -2.56. The average Bonchev–Trinajstić information content (AvgIpc) is 3.09. The summed E-state index contributed by atoms with van der Waals surface area (Å²) in [6.07, 6.45) is 22.9. The van der Waals surface area contributed by atoms with E-state index in [0.717, 1.165) is 26.1 Å². The van der Waals surface area contributed by atoms with Crippen molar-refractivity contribution in [1.82, 2.24) is 0 Å². The highest BCUT2D eigenvalue weighted by molar-refractivity contribution is 5.76. The number of likely N-dealkylation sites (N-methyl/N-ethyl adjacent to an activating group) is 1. The quantitative estimate of drug-likeness (QED) is 0.172. The average molecular weight is 380 g/mol. The van der Waals surface area contributed by atoms with E-state index in [1.165, 1.54) is 89.3 Å². The molecule has 1 N–H and O–H groups in total. The number of unbranched alkanes of at least 4 members (excludes halogenated alkanes) is 11. The number of hydrogen-bond donors (Lipinski definition) is 1. The van der Waals surface area contributed by atoms with Gasteiger partial charge in [0.15, 0.2) is 6.23 Å². The molecule has 0 spiro atoms. The van der Waals surface area contributed by atoms with E-state index in [-0.39, 0.29) is 6.23 Å². The number of aliphatic imine (C=N–C) groups is 1. The summed E-state index contributed by atoms with van der Waals surface area (Å²) in [5, 5.41) is 10.2. The van der Waals surface area contributed by atoms with Crippen molar-refractivity contribution in [2.45, 2.75) is 117 Å². The molecule has 0 aromatic rings. The van der Waals surface area contributed by atoms with Crippen LogP contribution >= 0.6 is 0 Å². The Morgan fingerprint density at radius 1 is 0.889 bits per heavy atom. The van der Waals surface area contributed by atoms with Crippen molar-refractivity contribution in [3.8, 4) is 0 Å². The lowest BCUT2D eigenvalue weighted by Gasteiger charge is -2.36. The first-order chi connectivity index (χ1) is 13.2. The van der Waals surface area contributed by atoms with Gasteiger partial charge in [0, 0.05) is 13.3 Å². The van der Waals surface area contributed by atoms with Crippen LogP contribution in [0.2, 0.25) is 0 Å². The number of hydrogen-bond acceptors (Lipinski definition) is 2. The molecule has 1 rings (SSSR count). The number of rotatable bonds is 17. The van der Waals surface area contributed by atoms with E-state index in [2.05, 4.69) is 26.0 Å². The standard InChI is InChI=1S/C24H47N2O/c1-4-6-7-8-9-10-11-12-13-14-15-16-17-18-19-20-24-25-21-22-26(24,5-2)23(3)27/h9-10,23,27H,4-8,11-22H2,1-3H3/q+1/b10-9+. The normalized spacial score (nSPS) is 21.1. The number of quaternary nitrogens is 1. The van der Waals surface area contributed by atoms with Gasteiger partial charge in [-0.3, -0.25) is 4.48 Å². The third kappa shape index (κ3) is 9.38. The van der Waals surface area contributed by atoms with Crippen LogP contribution in [-0.2, 0) is 0 Å². The second-order valence-corrected chi connectivity index (χ2v) is 8.34. The molecule has 158 valence electrons. The van der Waals surface area contributed by atoms with Gasteiger partial charge in [-0.2, -0.15) is 0 Å². The Balaban J connectivity index is 1.94. The van der Waals surface area contributed by atoms with Gasteiger partial charge in [0.2, 0.25) is 5.84 Å². The first-order valence-electron chi connectivity index (χ1n) is 11.9. The van der Waals surface area contributed by atoms with Crippen molar-refractivity contribution < 1.29 is 9.59 Å². The van der Waals surface area contributed by atoms with Crippen LogP contribution in [0.4, 0.5) is 0 Å². The van der Waals surface area contributed by atoms with Crippen molar-refractivity contribution in [3.63, 3.8) is 0 Å². The maximum absolute atomic E-state index is 10.2. The third-order valence-electron chi connectivity index (χ3n) is 6.25. The Hall–Kier alpha value is -0.670. The zero-order valence-corrected chi connectivity index (χ0v) is 18.6. The van der Waals surface area contributed by atoms with Gasteiger partial charge in [-0.25, -0.2) is 4.99 Å². The van der Waals surface area contributed by atoms with Crippen LogP contribution in [0.3, 0.4) is 0 Å². The summed E-state index contributed by atoms with van der Waals surface area (Å²) in [6, 6.07) is 0. The lowest BCUT2D eigenvalue weighted by atomic mass is 10.1. The predicted octanol–water partition coefficient (Wildman–Crippen LogP) is 6.61. The maximum Gasteiger partial charge on any atom is 0.200 e. The fourth-order valence-electron chi connectivity index (χ4n) is 4.29. The van der Waals surface area contributed by atoms with Crippen LogP contribution in [0.1, 0.15) is 111 Å². The summed E-state index contributed by atoms with van der Waals surface area (Å²) in [5.41, 5.74) is 0. The van der Waals surface area contributed by atoms with Crippen molar-refractivity contribution in [3.05, 3.63) is 12.2 Å². The van der Waals surface area contributed by atoms with Gasteiger partial charge in [0.25, 0.3) is 0 Å². The Morgan fingerprint density at radius 2 is 1.44 bits per heavy atom. The molecule has 0 aliphatic carbocycles. The zero-order valence-electron chi connectivity index (χ0n) is 18.6. The second kappa shape index (κ2) is 15.3. The number of allylic oxidation sites excluding steroid dienone is 2. The summed E-state index contributed by atoms with van der Waals surface area (Å²) < 4.78 is 0.715. The number of aliphatic hydroxyl groups excluding tert-OH is 1. The molecule has 0 radical (unpaired) electrons. The fraction of sp³-hybridized carbons (Fsp3) is 0.875. The van der Waals surface area contributed by atoms with E-state index in [1.807, 2.05) is 6.92 Å². The smallest absolute Gasteiger partial charge is 0.200 e. The third-order valence-corrected chi connectivity index (χ3v) is 6.25. The van der Waals surface area contributed by atoms with Gasteiger partial charge in [0.05, 0.1) is 13.1 Å². The fourth-order valence-corrected chi connectivity index (χ4v) is 4.29. The van der Waals surface area contributed by atoms with Gasteiger partial charge in [0.1, 0.15) is 6.54 Å². The van der Waals surface area contributed by atoms with Gasteiger partial charge in [-0.15, -0.1) is 0 Å². The SMILES string of the molecule is CCCCC/C=C/CCCCCCCCCCC1=NCC[N+]1(CC)C(C)O. The minimum Gasteiger partial charge on any atom is -0.345 e. The molecule has 0 aromatic heterocycles. The van der Waals surface area contributed by atoms with Gasteiger partial charge in [-0.05, 0) is 39.0 Å². The highest BCUT2D eigenvalue weighted by Gasteiger charge is 2.40. The highest BCUT2D eigenvalue weighted by atomic mass is 16.3. The molecular weight excluding hydrogens is 332 g/mol. The second-order valence-electron chi connectivity index (χ2n) is 8.34. The van der Waals surface area contributed by atoms with Crippen molar-refractivity contribution in [2.75, 3.05) is 19.6 Å². The summed E-state index contributed by atoms with van der Waals surface area (Å²) in [6.45, 7) is 9.20. The Kier molecular flexibility index (Phi) is 13.8. The largest absolute Gasteiger partial charge is 0.345 e. The molecule has 0 saturated heterocycles. The molecule has 27 heavy (non-hydrogen) atoms. The van der Waals surface area contributed by atoms with E-state index in [4.69, 9.17) is 4.99 Å². The first kappa shape index (κ1) is 24.4. The Labute approximate surface area is 169 Å². The van der Waals surface area contributed by atoms with Crippen LogP contribution in [0.5, 0.6) is 0 Å². The summed E-state index contributed by atoms with van der Waals surface area (Å²) in [4.78, 5) is 4.71. The minimum atomic E-state index is -0.317. The van der Waals surface area contributed by atoms with Crippen LogP contribution in [-0.4, -0.2) is 41.3 Å². The molecule has 3 heteroatoms. The van der Waals surface area contributed by atoms with Crippen molar-refractivity contribution >= 4 is 5.84 Å². The lowest BCUT2D eigenvalue weighted by molar-refractivity contribution is -0.882. The van der Waals surface area contributed by atoms with Gasteiger partial charge in [-0.1, -0.05) is 70.4 Å². The maximum atomic E-state index is 10.2. The first-order valence-corrected chi connectivity index (χ1v) is 11.9. The minimum absolute atomic E-state index is 0.317. The van der Waals surface area contributed by atoms with E-state index in [1.54, 1.807) is 0 Å². The molecular formula is C24H47N2O+. The highest BCUT2D eigenvalue weighted by Crippen LogP contribution is 2.23. The van der Waals surface area contributed by atoms with Crippen molar-refractivity contribution in [1.29, 1.82) is 0 Å². The van der Waals surface area contributed by atoms with Crippen LogP contribution in [0.15, 0.2) is 17.1 Å². The monoisotopic (exact) mass is 379 g/mol. The predicted molar refractivity (Wildman–Crippen MR) is 119 cm³/mol. The molecule has 1 aliphatic heterocycles. The van der Waals surface area contributed by atoms with Gasteiger partial charge < -0.3 is 5.11 Å². The van der Waals surface area contributed by atoms with E-state index < -0.39 is 0 Å². The Morgan fingerprint density at radius 3 is 2.00 bits per heavy atom. The topological polar surface area (TPSA) is 32.6 Å². The molecule has 1 heterocycles. The van der Waals surface area contributed by atoms with Gasteiger partial charge >= 0.3 is 0 Å². The summed E-state index contributed by atoms with van der Waals surface area (Å²) >= 11 is 0. The van der Waals surface area contributed by atoms with E-state index >= 15 is 0 Å². The zero-order chi connectivity index (χ0) is 19.8. The van der Waals surface area contributed by atoms with Crippen LogP contribution < -0.4 is 0 Å². The molecule has 0 saturated carbocycles. The van der Waals surface area contributed by atoms with E-state index in [9.17, 15) is 5.11 Å².